The van der Waals surface area contributed by atoms with Gasteiger partial charge in [0.15, 0.2) is 0 Å². The summed E-state index contributed by atoms with van der Waals surface area (Å²) in [5.41, 5.74) is -0.859. The molecule has 0 N–H and O–H groups in total. The van der Waals surface area contributed by atoms with E-state index in [-0.39, 0.29) is 23.3 Å². The molecule has 0 spiro atoms. The van der Waals surface area contributed by atoms with Crippen LogP contribution in [0.3, 0.4) is 0 Å². The second-order valence-corrected chi connectivity index (χ2v) is 5.95. The Balaban J connectivity index is 3.19. The van der Waals surface area contributed by atoms with Crippen molar-refractivity contribution in [2.45, 2.75) is 40.5 Å². The lowest BCUT2D eigenvalue weighted by Crippen LogP contribution is -2.11. The highest BCUT2D eigenvalue weighted by Crippen LogP contribution is 2.39. The largest absolute Gasteiger partial charge is 0.486 e. The number of nitrogens with zero attached hydrogens (tertiary/aromatic N) is 2. The standard InChI is InChI=1S/C16H24N2O6/c1-5-11(3)9-23-15-8-16(24-10-12(4)6-2)14(18(21)22)7-13(15)17(19)20/h7-8,11-12H,5-6,9-10H2,1-4H3/t11-,12-/m1/s1. The van der Waals surface area contributed by atoms with Crippen LogP contribution < -0.4 is 9.47 Å². The minimum Gasteiger partial charge on any atom is -0.486 e. The smallest absolute Gasteiger partial charge is 0.318 e. The molecule has 0 heterocycles. The fourth-order valence-electron chi connectivity index (χ4n) is 1.76. The molecule has 0 aromatic heterocycles. The Hall–Kier alpha value is -2.38. The van der Waals surface area contributed by atoms with Crippen molar-refractivity contribution < 1.29 is 19.3 Å². The maximum absolute atomic E-state index is 11.2. The lowest BCUT2D eigenvalue weighted by molar-refractivity contribution is -0.395. The summed E-state index contributed by atoms with van der Waals surface area (Å²) in [7, 11) is 0. The number of nitro benzene ring substituents is 2. The molecule has 0 aliphatic carbocycles. The topological polar surface area (TPSA) is 105 Å². The first-order valence-electron chi connectivity index (χ1n) is 8.02. The third-order valence-electron chi connectivity index (χ3n) is 3.87. The van der Waals surface area contributed by atoms with E-state index < -0.39 is 21.2 Å². The van der Waals surface area contributed by atoms with Gasteiger partial charge in [0, 0.05) is 6.07 Å². The summed E-state index contributed by atoms with van der Waals surface area (Å²) in [6.07, 6.45) is 1.72. The highest BCUT2D eigenvalue weighted by Gasteiger charge is 2.27. The van der Waals surface area contributed by atoms with E-state index in [0.717, 1.165) is 18.9 Å². The Morgan fingerprint density at radius 3 is 1.54 bits per heavy atom. The summed E-state index contributed by atoms with van der Waals surface area (Å²) in [5.74, 6) is 0.406. The van der Waals surface area contributed by atoms with Crippen LogP contribution in [0.4, 0.5) is 11.4 Å². The molecule has 0 unspecified atom stereocenters. The Bertz CT molecular complexity index is 543. The van der Waals surface area contributed by atoms with Gasteiger partial charge in [-0.2, -0.15) is 0 Å². The second kappa shape index (κ2) is 9.05. The molecule has 0 saturated carbocycles. The molecular weight excluding hydrogens is 316 g/mol. The van der Waals surface area contributed by atoms with Crippen molar-refractivity contribution in [1.82, 2.24) is 0 Å². The van der Waals surface area contributed by atoms with Crippen LogP contribution in [0.25, 0.3) is 0 Å². The van der Waals surface area contributed by atoms with E-state index in [9.17, 15) is 20.2 Å². The Morgan fingerprint density at radius 2 is 1.25 bits per heavy atom. The van der Waals surface area contributed by atoms with Gasteiger partial charge in [-0.3, -0.25) is 20.2 Å². The van der Waals surface area contributed by atoms with E-state index in [1.54, 1.807) is 0 Å². The van der Waals surface area contributed by atoms with Crippen LogP contribution in [0.1, 0.15) is 40.5 Å². The summed E-state index contributed by atoms with van der Waals surface area (Å²) < 4.78 is 11.0. The molecule has 0 bridgehead atoms. The molecule has 0 aliphatic rings. The van der Waals surface area contributed by atoms with Crippen molar-refractivity contribution in [2.75, 3.05) is 13.2 Å². The molecule has 0 saturated heterocycles. The van der Waals surface area contributed by atoms with E-state index in [1.807, 2.05) is 27.7 Å². The summed E-state index contributed by atoms with van der Waals surface area (Å²) in [5, 5.41) is 22.4. The predicted octanol–water partition coefficient (Wildman–Crippen LogP) is 4.35. The fourth-order valence-corrected chi connectivity index (χ4v) is 1.76. The normalized spacial score (nSPS) is 13.2. The molecule has 0 aliphatic heterocycles. The van der Waals surface area contributed by atoms with Gasteiger partial charge in [-0.1, -0.05) is 40.5 Å². The van der Waals surface area contributed by atoms with Crippen molar-refractivity contribution in [2.24, 2.45) is 11.8 Å². The Kier molecular flexibility index (Phi) is 7.41. The summed E-state index contributed by atoms with van der Waals surface area (Å²) in [4.78, 5) is 21.0. The average molecular weight is 340 g/mol. The number of ether oxygens (including phenoxy) is 2. The predicted molar refractivity (Wildman–Crippen MR) is 89.7 cm³/mol. The highest BCUT2D eigenvalue weighted by atomic mass is 16.6. The van der Waals surface area contributed by atoms with Crippen molar-refractivity contribution in [3.8, 4) is 11.5 Å². The second-order valence-electron chi connectivity index (χ2n) is 5.95. The quantitative estimate of drug-likeness (QED) is 0.463. The van der Waals surface area contributed by atoms with Crippen molar-refractivity contribution in [3.63, 3.8) is 0 Å². The average Bonchev–Trinajstić information content (AvgIpc) is 2.56. The first kappa shape index (κ1) is 19.7. The summed E-state index contributed by atoms with van der Waals surface area (Å²) >= 11 is 0. The van der Waals surface area contributed by atoms with Crippen LogP contribution in [-0.4, -0.2) is 23.1 Å². The molecule has 8 heteroatoms. The Morgan fingerprint density at radius 1 is 0.875 bits per heavy atom. The molecule has 24 heavy (non-hydrogen) atoms. The van der Waals surface area contributed by atoms with Crippen LogP contribution in [0.15, 0.2) is 12.1 Å². The number of benzene rings is 1. The molecule has 0 radical (unpaired) electrons. The summed E-state index contributed by atoms with van der Waals surface area (Å²) in [6, 6.07) is 2.15. The van der Waals surface area contributed by atoms with Gasteiger partial charge in [-0.25, -0.2) is 0 Å². The van der Waals surface area contributed by atoms with Gasteiger partial charge in [0.05, 0.1) is 23.1 Å². The van der Waals surface area contributed by atoms with E-state index in [1.165, 1.54) is 6.07 Å². The van der Waals surface area contributed by atoms with E-state index >= 15 is 0 Å². The third kappa shape index (κ3) is 5.36. The number of hydrogen-bond acceptors (Lipinski definition) is 6. The zero-order chi connectivity index (χ0) is 18.3. The van der Waals surface area contributed by atoms with E-state index in [2.05, 4.69) is 0 Å². The van der Waals surface area contributed by atoms with E-state index in [4.69, 9.17) is 9.47 Å². The van der Waals surface area contributed by atoms with Crippen molar-refractivity contribution in [1.29, 1.82) is 0 Å². The minimum absolute atomic E-state index is 0.00921. The SMILES string of the molecule is CC[C@@H](C)COc1cc(OC[C@H](C)CC)c([N+](=O)[O-])cc1[N+](=O)[O-]. The lowest BCUT2D eigenvalue weighted by Gasteiger charge is -2.14. The fraction of sp³-hybridized carbons (Fsp3) is 0.625. The maximum atomic E-state index is 11.2. The molecular formula is C16H24N2O6. The van der Waals surface area contributed by atoms with Crippen LogP contribution in [0, 0.1) is 32.1 Å². The molecule has 0 amide bonds. The van der Waals surface area contributed by atoms with E-state index in [0.29, 0.717) is 13.2 Å². The molecule has 2 atom stereocenters. The molecule has 1 aromatic rings. The highest BCUT2D eigenvalue weighted by molar-refractivity contribution is 5.61. The van der Waals surface area contributed by atoms with Gasteiger partial charge >= 0.3 is 11.4 Å². The molecule has 1 rings (SSSR count). The van der Waals surface area contributed by atoms with Gasteiger partial charge in [0.1, 0.15) is 6.07 Å². The summed E-state index contributed by atoms with van der Waals surface area (Å²) in [6.45, 7) is 8.47. The van der Waals surface area contributed by atoms with Gasteiger partial charge in [-0.05, 0) is 11.8 Å². The lowest BCUT2D eigenvalue weighted by atomic mass is 10.1. The Labute approximate surface area is 141 Å². The van der Waals surface area contributed by atoms with Crippen LogP contribution >= 0.6 is 0 Å². The first-order valence-corrected chi connectivity index (χ1v) is 8.02. The van der Waals surface area contributed by atoms with Gasteiger partial charge in [0.2, 0.25) is 11.5 Å². The molecule has 134 valence electrons. The monoisotopic (exact) mass is 340 g/mol. The first-order chi connectivity index (χ1) is 11.3. The third-order valence-corrected chi connectivity index (χ3v) is 3.87. The van der Waals surface area contributed by atoms with Crippen LogP contribution in [0.2, 0.25) is 0 Å². The number of hydrogen-bond donors (Lipinski definition) is 0. The van der Waals surface area contributed by atoms with Gasteiger partial charge < -0.3 is 9.47 Å². The molecule has 1 aromatic carbocycles. The molecule has 8 nitrogen and oxygen atoms in total. The van der Waals surface area contributed by atoms with Crippen LogP contribution in [0.5, 0.6) is 11.5 Å². The number of rotatable bonds is 10. The zero-order valence-corrected chi connectivity index (χ0v) is 14.5. The van der Waals surface area contributed by atoms with Gasteiger partial charge in [0.25, 0.3) is 0 Å². The molecule has 0 fully saturated rings. The van der Waals surface area contributed by atoms with Gasteiger partial charge in [-0.15, -0.1) is 0 Å². The zero-order valence-electron chi connectivity index (χ0n) is 14.5. The van der Waals surface area contributed by atoms with Crippen molar-refractivity contribution >= 4 is 11.4 Å². The maximum Gasteiger partial charge on any atom is 0.318 e. The van der Waals surface area contributed by atoms with Crippen molar-refractivity contribution in [3.05, 3.63) is 32.4 Å². The number of nitro groups is 2. The van der Waals surface area contributed by atoms with Crippen LogP contribution in [-0.2, 0) is 0 Å². The minimum atomic E-state index is -0.683.